The third-order valence-electron chi connectivity index (χ3n) is 1.82. The average Bonchev–Trinajstić information content (AvgIpc) is 2.16. The van der Waals surface area contributed by atoms with Crippen LogP contribution in [0.5, 0.6) is 0 Å². The zero-order valence-electron chi connectivity index (χ0n) is 8.31. The number of hydrogen-bond donors (Lipinski definition) is 1. The van der Waals surface area contributed by atoms with Gasteiger partial charge in [0.05, 0.1) is 10.4 Å². The van der Waals surface area contributed by atoms with Gasteiger partial charge in [0.25, 0.3) is 0 Å². The molecular formula is C10H9BrF3NO. The summed E-state index contributed by atoms with van der Waals surface area (Å²) in [6, 6.07) is 4.50. The van der Waals surface area contributed by atoms with Crippen molar-refractivity contribution in [2.24, 2.45) is 0 Å². The summed E-state index contributed by atoms with van der Waals surface area (Å²) < 4.78 is 37.0. The number of rotatable bonds is 2. The second-order valence-electron chi connectivity index (χ2n) is 3.18. The molecule has 88 valence electrons. The molecule has 16 heavy (non-hydrogen) atoms. The maximum absolute atomic E-state index is 12.3. The lowest BCUT2D eigenvalue weighted by Crippen LogP contribution is -2.20. The minimum absolute atomic E-state index is 0.131. The Morgan fingerprint density at radius 2 is 2.06 bits per heavy atom. The average molecular weight is 296 g/mol. The summed E-state index contributed by atoms with van der Waals surface area (Å²) in [5, 5.41) is 2.37. The molecule has 0 aliphatic heterocycles. The molecule has 1 N–H and O–H groups in total. The molecule has 1 unspecified atom stereocenters. The summed E-state index contributed by atoms with van der Waals surface area (Å²) in [7, 11) is 0. The van der Waals surface area contributed by atoms with E-state index < -0.39 is 16.6 Å². The largest absolute Gasteiger partial charge is 0.416 e. The number of anilines is 1. The van der Waals surface area contributed by atoms with Gasteiger partial charge in [-0.1, -0.05) is 22.0 Å². The predicted molar refractivity (Wildman–Crippen MR) is 58.5 cm³/mol. The number of amides is 1. The summed E-state index contributed by atoms with van der Waals surface area (Å²) in [6.07, 6.45) is -4.40. The fraction of sp³-hybridized carbons (Fsp3) is 0.300. The van der Waals surface area contributed by atoms with E-state index in [9.17, 15) is 18.0 Å². The highest BCUT2D eigenvalue weighted by atomic mass is 79.9. The van der Waals surface area contributed by atoms with Crippen molar-refractivity contribution in [1.29, 1.82) is 0 Å². The zero-order chi connectivity index (χ0) is 12.3. The molecule has 0 radical (unpaired) electrons. The molecule has 0 aliphatic rings. The van der Waals surface area contributed by atoms with Crippen LogP contribution >= 0.6 is 15.9 Å². The monoisotopic (exact) mass is 295 g/mol. The van der Waals surface area contributed by atoms with E-state index in [2.05, 4.69) is 21.2 Å². The van der Waals surface area contributed by atoms with E-state index in [1.54, 1.807) is 6.92 Å². The molecular weight excluding hydrogens is 287 g/mol. The molecule has 1 atom stereocenters. The lowest BCUT2D eigenvalue weighted by Gasteiger charge is -2.10. The number of carbonyl (C=O) groups excluding carboxylic acids is 1. The smallest absolute Gasteiger partial charge is 0.325 e. The minimum Gasteiger partial charge on any atom is -0.325 e. The molecule has 0 spiro atoms. The number of nitrogens with one attached hydrogen (secondary N) is 1. The van der Waals surface area contributed by atoms with Crippen molar-refractivity contribution < 1.29 is 18.0 Å². The van der Waals surface area contributed by atoms with E-state index in [1.807, 2.05) is 0 Å². The normalized spacial score (nSPS) is 13.3. The highest BCUT2D eigenvalue weighted by molar-refractivity contribution is 9.10. The number of hydrogen-bond acceptors (Lipinski definition) is 1. The Hall–Kier alpha value is -1.04. The predicted octanol–water partition coefficient (Wildman–Crippen LogP) is 3.43. The maximum atomic E-state index is 12.3. The van der Waals surface area contributed by atoms with Crippen molar-refractivity contribution >= 4 is 27.5 Å². The van der Waals surface area contributed by atoms with Crippen LogP contribution < -0.4 is 5.32 Å². The summed E-state index contributed by atoms with van der Waals surface area (Å²) in [5.41, 5.74) is -0.654. The molecule has 2 nitrogen and oxygen atoms in total. The van der Waals surface area contributed by atoms with Crippen molar-refractivity contribution in [2.75, 3.05) is 5.32 Å². The molecule has 0 heterocycles. The molecule has 0 saturated heterocycles. The van der Waals surface area contributed by atoms with Crippen LogP contribution in [0.1, 0.15) is 12.5 Å². The van der Waals surface area contributed by atoms with Crippen LogP contribution in [0.15, 0.2) is 24.3 Å². The number of carbonyl (C=O) groups is 1. The Morgan fingerprint density at radius 1 is 1.44 bits per heavy atom. The van der Waals surface area contributed by atoms with Crippen LogP contribution in [0.2, 0.25) is 0 Å². The first-order valence-electron chi connectivity index (χ1n) is 4.43. The Balaban J connectivity index is 2.88. The third-order valence-corrected chi connectivity index (χ3v) is 2.23. The van der Waals surface area contributed by atoms with Crippen molar-refractivity contribution in [3.8, 4) is 0 Å². The summed E-state index contributed by atoms with van der Waals surface area (Å²) in [4.78, 5) is 10.8. The molecule has 0 bridgehead atoms. The van der Waals surface area contributed by atoms with Crippen LogP contribution in [0.25, 0.3) is 0 Å². The first-order chi connectivity index (χ1) is 7.30. The van der Waals surface area contributed by atoms with E-state index in [4.69, 9.17) is 0 Å². The fourth-order valence-corrected chi connectivity index (χ4v) is 1.13. The lowest BCUT2D eigenvalue weighted by molar-refractivity contribution is -0.137. The molecule has 1 rings (SSSR count). The highest BCUT2D eigenvalue weighted by Crippen LogP contribution is 2.30. The van der Waals surface area contributed by atoms with Gasteiger partial charge < -0.3 is 5.32 Å². The molecule has 1 aromatic rings. The van der Waals surface area contributed by atoms with Crippen molar-refractivity contribution in [1.82, 2.24) is 0 Å². The van der Waals surface area contributed by atoms with E-state index in [0.29, 0.717) is 0 Å². The number of halogens is 4. The van der Waals surface area contributed by atoms with Crippen LogP contribution in [0.4, 0.5) is 18.9 Å². The Kier molecular flexibility index (Phi) is 3.96. The van der Waals surface area contributed by atoms with Gasteiger partial charge in [0.15, 0.2) is 0 Å². The molecule has 0 aliphatic carbocycles. The second-order valence-corrected chi connectivity index (χ2v) is 4.56. The maximum Gasteiger partial charge on any atom is 0.416 e. The molecule has 0 saturated carbocycles. The van der Waals surface area contributed by atoms with Gasteiger partial charge in [-0.15, -0.1) is 0 Å². The van der Waals surface area contributed by atoms with Gasteiger partial charge in [0.2, 0.25) is 5.91 Å². The first kappa shape index (κ1) is 13.0. The topological polar surface area (TPSA) is 29.1 Å². The minimum atomic E-state index is -4.40. The van der Waals surface area contributed by atoms with Gasteiger partial charge in [-0.05, 0) is 25.1 Å². The van der Waals surface area contributed by atoms with Gasteiger partial charge in [-0.3, -0.25) is 4.79 Å². The highest BCUT2D eigenvalue weighted by Gasteiger charge is 2.30. The van der Waals surface area contributed by atoms with Gasteiger partial charge in [-0.2, -0.15) is 13.2 Å². The fourth-order valence-electron chi connectivity index (χ4n) is 1.01. The van der Waals surface area contributed by atoms with Crippen molar-refractivity contribution in [3.63, 3.8) is 0 Å². The SMILES string of the molecule is CC(Br)C(=O)Nc1cccc(C(F)(F)F)c1. The van der Waals surface area contributed by atoms with E-state index in [1.165, 1.54) is 12.1 Å². The molecule has 0 fully saturated rings. The summed E-state index contributed by atoms with van der Waals surface area (Å²) in [6.45, 7) is 1.59. The van der Waals surface area contributed by atoms with E-state index in [0.717, 1.165) is 12.1 Å². The van der Waals surface area contributed by atoms with Gasteiger partial charge in [0.1, 0.15) is 0 Å². The Morgan fingerprint density at radius 3 is 2.56 bits per heavy atom. The lowest BCUT2D eigenvalue weighted by atomic mass is 10.2. The quantitative estimate of drug-likeness (QED) is 0.832. The standard InChI is InChI=1S/C10H9BrF3NO/c1-6(11)9(16)15-8-4-2-3-7(5-8)10(12,13)14/h2-6H,1H3,(H,15,16). The van der Waals surface area contributed by atoms with E-state index >= 15 is 0 Å². The number of alkyl halides is 4. The second kappa shape index (κ2) is 4.86. The Labute approximate surface area is 99.0 Å². The van der Waals surface area contributed by atoms with Gasteiger partial charge in [-0.25, -0.2) is 0 Å². The van der Waals surface area contributed by atoms with E-state index in [-0.39, 0.29) is 11.6 Å². The third kappa shape index (κ3) is 3.52. The summed E-state index contributed by atoms with van der Waals surface area (Å²) in [5.74, 6) is -0.390. The van der Waals surface area contributed by atoms with Crippen molar-refractivity contribution in [2.45, 2.75) is 17.9 Å². The zero-order valence-corrected chi connectivity index (χ0v) is 9.89. The molecule has 6 heteroatoms. The van der Waals surface area contributed by atoms with Crippen LogP contribution in [-0.2, 0) is 11.0 Å². The summed E-state index contributed by atoms with van der Waals surface area (Å²) >= 11 is 3.02. The van der Waals surface area contributed by atoms with Gasteiger partial charge in [0, 0.05) is 5.69 Å². The molecule has 0 aromatic heterocycles. The van der Waals surface area contributed by atoms with Crippen LogP contribution in [-0.4, -0.2) is 10.7 Å². The van der Waals surface area contributed by atoms with Crippen LogP contribution in [0, 0.1) is 0 Å². The van der Waals surface area contributed by atoms with Crippen LogP contribution in [0.3, 0.4) is 0 Å². The van der Waals surface area contributed by atoms with Crippen molar-refractivity contribution in [3.05, 3.63) is 29.8 Å². The number of benzene rings is 1. The first-order valence-corrected chi connectivity index (χ1v) is 5.34. The molecule has 1 amide bonds. The van der Waals surface area contributed by atoms with Gasteiger partial charge >= 0.3 is 6.18 Å². The molecule has 1 aromatic carbocycles. The Bertz CT molecular complexity index is 390.